The molecule has 0 fully saturated rings. The van der Waals surface area contributed by atoms with E-state index in [1.54, 1.807) is 0 Å². The van der Waals surface area contributed by atoms with Crippen LogP contribution in [0, 0.1) is 5.82 Å². The summed E-state index contributed by atoms with van der Waals surface area (Å²) in [5, 5.41) is 7.72. The Morgan fingerprint density at radius 1 is 1.54 bits per heavy atom. The van der Waals surface area contributed by atoms with Crippen molar-refractivity contribution in [2.24, 2.45) is 0 Å². The molecule has 1 aromatic rings. The van der Waals surface area contributed by atoms with Gasteiger partial charge >= 0.3 is 5.97 Å². The predicted octanol–water partition coefficient (Wildman–Crippen LogP) is 2.41. The van der Waals surface area contributed by atoms with E-state index in [-0.39, 0.29) is 10.7 Å². The minimum Gasteiger partial charge on any atom is -0.478 e. The van der Waals surface area contributed by atoms with Crippen molar-refractivity contribution < 1.29 is 14.3 Å². The lowest BCUT2D eigenvalue weighted by atomic mass is 10.2. The number of carbonyl (C=O) groups is 1. The third-order valence-electron chi connectivity index (χ3n) is 1.41. The molecule has 1 aromatic carbocycles. The van der Waals surface area contributed by atoms with Crippen LogP contribution in [0.5, 0.6) is 0 Å². The van der Waals surface area contributed by atoms with E-state index in [4.69, 9.17) is 34.0 Å². The van der Waals surface area contributed by atoms with Gasteiger partial charge in [0.15, 0.2) is 5.82 Å². The molecule has 0 aliphatic carbocycles. The zero-order chi connectivity index (χ0) is 10.2. The van der Waals surface area contributed by atoms with E-state index in [0.29, 0.717) is 0 Å². The quantitative estimate of drug-likeness (QED) is 0.568. The lowest BCUT2D eigenvalue weighted by Gasteiger charge is -2.05. The lowest BCUT2D eigenvalue weighted by Crippen LogP contribution is -2.05. The van der Waals surface area contributed by atoms with Gasteiger partial charge in [-0.2, -0.15) is 0 Å². The molecule has 3 N–H and O–H groups in total. The van der Waals surface area contributed by atoms with E-state index in [9.17, 15) is 9.18 Å². The molecule has 0 atom stereocenters. The van der Waals surface area contributed by atoms with Gasteiger partial charge in [-0.15, -0.1) is 0 Å². The van der Waals surface area contributed by atoms with Crippen LogP contribution in [0.25, 0.3) is 0 Å². The number of carboxylic acids is 1. The van der Waals surface area contributed by atoms with Crippen molar-refractivity contribution in [3.63, 3.8) is 0 Å². The van der Waals surface area contributed by atoms with Crippen LogP contribution in [0.15, 0.2) is 6.07 Å². The number of aromatic carboxylic acids is 1. The van der Waals surface area contributed by atoms with Crippen LogP contribution in [0.2, 0.25) is 10.0 Å². The topological polar surface area (TPSA) is 63.3 Å². The molecular formula is C7H4Cl2FNO2. The summed E-state index contributed by atoms with van der Waals surface area (Å²) in [5.41, 5.74) is 4.64. The van der Waals surface area contributed by atoms with E-state index >= 15 is 0 Å². The zero-order valence-corrected chi connectivity index (χ0v) is 7.66. The van der Waals surface area contributed by atoms with Gasteiger partial charge in [-0.05, 0) is 6.07 Å². The van der Waals surface area contributed by atoms with E-state index < -0.39 is 22.4 Å². The average molecular weight is 224 g/mol. The molecule has 0 saturated heterocycles. The molecule has 0 heterocycles. The highest BCUT2D eigenvalue weighted by molar-refractivity contribution is 6.37. The van der Waals surface area contributed by atoms with Crippen molar-refractivity contribution in [1.29, 1.82) is 0 Å². The van der Waals surface area contributed by atoms with Crippen molar-refractivity contribution in [3.05, 3.63) is 27.5 Å². The third kappa shape index (κ3) is 1.68. The summed E-state index contributed by atoms with van der Waals surface area (Å²) in [5.74, 6) is -2.37. The van der Waals surface area contributed by atoms with Crippen molar-refractivity contribution in [3.8, 4) is 0 Å². The molecular weight excluding hydrogens is 220 g/mol. The SMILES string of the molecule is Nc1cc(Cl)c(F)c(Cl)c1C(=O)O. The van der Waals surface area contributed by atoms with E-state index in [1.807, 2.05) is 0 Å². The molecule has 3 nitrogen and oxygen atoms in total. The van der Waals surface area contributed by atoms with Gasteiger partial charge in [0.1, 0.15) is 5.56 Å². The second-order valence-corrected chi connectivity index (χ2v) is 3.04. The minimum absolute atomic E-state index is 0.163. The highest BCUT2D eigenvalue weighted by Crippen LogP contribution is 2.31. The Hall–Kier alpha value is -1.00. The van der Waals surface area contributed by atoms with Gasteiger partial charge in [0, 0.05) is 5.69 Å². The number of benzene rings is 1. The van der Waals surface area contributed by atoms with E-state index in [0.717, 1.165) is 6.07 Å². The Morgan fingerprint density at radius 2 is 2.08 bits per heavy atom. The van der Waals surface area contributed by atoms with Crippen molar-refractivity contribution in [1.82, 2.24) is 0 Å². The second-order valence-electron chi connectivity index (χ2n) is 2.26. The Balaban J connectivity index is 3.53. The fraction of sp³-hybridized carbons (Fsp3) is 0. The first-order valence-corrected chi connectivity index (χ1v) is 3.87. The lowest BCUT2D eigenvalue weighted by molar-refractivity contribution is 0.0698. The molecule has 6 heteroatoms. The van der Waals surface area contributed by atoms with Crippen LogP contribution in [-0.2, 0) is 0 Å². The maximum absolute atomic E-state index is 12.9. The molecule has 70 valence electrons. The van der Waals surface area contributed by atoms with E-state index in [1.165, 1.54) is 0 Å². The third-order valence-corrected chi connectivity index (χ3v) is 2.04. The van der Waals surface area contributed by atoms with Gasteiger partial charge in [0.05, 0.1) is 10.0 Å². The molecule has 0 spiro atoms. The summed E-state index contributed by atoms with van der Waals surface area (Å²) in [6.07, 6.45) is 0. The van der Waals surface area contributed by atoms with Crippen LogP contribution < -0.4 is 5.73 Å². The normalized spacial score (nSPS) is 10.1. The second kappa shape index (κ2) is 3.40. The fourth-order valence-corrected chi connectivity index (χ4v) is 1.38. The molecule has 13 heavy (non-hydrogen) atoms. The molecule has 0 saturated carbocycles. The van der Waals surface area contributed by atoms with Gasteiger partial charge in [0.25, 0.3) is 0 Å². The van der Waals surface area contributed by atoms with Gasteiger partial charge in [-0.1, -0.05) is 23.2 Å². The number of hydrogen-bond acceptors (Lipinski definition) is 2. The predicted molar refractivity (Wildman–Crippen MR) is 47.8 cm³/mol. The largest absolute Gasteiger partial charge is 0.478 e. The van der Waals surface area contributed by atoms with Crippen LogP contribution in [0.4, 0.5) is 10.1 Å². The first-order valence-electron chi connectivity index (χ1n) is 3.11. The summed E-state index contributed by atoms with van der Waals surface area (Å²) in [4.78, 5) is 10.5. The summed E-state index contributed by atoms with van der Waals surface area (Å²) in [6.45, 7) is 0. The van der Waals surface area contributed by atoms with E-state index in [2.05, 4.69) is 0 Å². The van der Waals surface area contributed by atoms with Crippen molar-refractivity contribution in [2.75, 3.05) is 5.73 Å². The number of hydrogen-bond donors (Lipinski definition) is 2. The first kappa shape index (κ1) is 10.1. The standard InChI is InChI=1S/C7H4Cl2FNO2/c8-2-1-3(11)4(7(12)13)5(9)6(2)10/h1H,11H2,(H,12,13). The van der Waals surface area contributed by atoms with Crippen LogP contribution in [-0.4, -0.2) is 11.1 Å². The summed E-state index contributed by atoms with van der Waals surface area (Å²) >= 11 is 10.7. The van der Waals surface area contributed by atoms with Crippen LogP contribution >= 0.6 is 23.2 Å². The number of nitrogens with two attached hydrogens (primary N) is 1. The fourth-order valence-electron chi connectivity index (χ4n) is 0.831. The number of halogens is 3. The molecule has 0 aliphatic heterocycles. The van der Waals surface area contributed by atoms with Crippen LogP contribution in [0.3, 0.4) is 0 Å². The Kier molecular flexibility index (Phi) is 2.63. The van der Waals surface area contributed by atoms with Gasteiger partial charge in [-0.25, -0.2) is 9.18 Å². The Morgan fingerprint density at radius 3 is 2.54 bits per heavy atom. The molecule has 0 aliphatic rings. The maximum atomic E-state index is 12.9. The highest BCUT2D eigenvalue weighted by Gasteiger charge is 2.19. The van der Waals surface area contributed by atoms with Crippen LogP contribution in [0.1, 0.15) is 10.4 Å². The summed E-state index contributed by atoms with van der Waals surface area (Å²) < 4.78 is 12.9. The average Bonchev–Trinajstić information content (AvgIpc) is 1.99. The van der Waals surface area contributed by atoms with Gasteiger partial charge in [-0.3, -0.25) is 0 Å². The Bertz CT molecular complexity index is 381. The Labute approximate surface area is 82.9 Å². The molecule has 0 bridgehead atoms. The minimum atomic E-state index is -1.39. The smallest absolute Gasteiger partial charge is 0.339 e. The maximum Gasteiger partial charge on any atom is 0.339 e. The van der Waals surface area contributed by atoms with Crippen molar-refractivity contribution >= 4 is 34.9 Å². The van der Waals surface area contributed by atoms with Gasteiger partial charge < -0.3 is 10.8 Å². The summed E-state index contributed by atoms with van der Waals surface area (Å²) in [6, 6.07) is 1.01. The molecule has 0 amide bonds. The van der Waals surface area contributed by atoms with Gasteiger partial charge in [0.2, 0.25) is 0 Å². The molecule has 0 radical (unpaired) electrons. The number of nitrogen functional groups attached to an aromatic ring is 1. The number of anilines is 1. The van der Waals surface area contributed by atoms with Crippen molar-refractivity contribution in [2.45, 2.75) is 0 Å². The molecule has 0 aromatic heterocycles. The summed E-state index contributed by atoms with van der Waals surface area (Å²) in [7, 11) is 0. The molecule has 1 rings (SSSR count). The number of rotatable bonds is 1. The first-order chi connectivity index (χ1) is 5.95. The monoisotopic (exact) mass is 223 g/mol. The molecule has 0 unspecified atom stereocenters. The zero-order valence-electron chi connectivity index (χ0n) is 6.14. The number of carboxylic acid groups (broad SMARTS) is 1. The highest BCUT2D eigenvalue weighted by atomic mass is 35.5.